The zero-order valence-electron chi connectivity index (χ0n) is 17.9. The third-order valence-corrected chi connectivity index (χ3v) is 7.26. The predicted molar refractivity (Wildman–Crippen MR) is 119 cm³/mol. The van der Waals surface area contributed by atoms with Crippen molar-refractivity contribution in [3.63, 3.8) is 0 Å². The number of amides is 1. The first kappa shape index (κ1) is 22.7. The molecule has 2 fully saturated rings. The summed E-state index contributed by atoms with van der Waals surface area (Å²) in [6.45, 7) is 0.330. The minimum absolute atomic E-state index is 0.000272. The summed E-state index contributed by atoms with van der Waals surface area (Å²) in [5, 5.41) is 21.9. The van der Waals surface area contributed by atoms with Gasteiger partial charge in [-0.05, 0) is 55.8 Å². The topological polar surface area (TPSA) is 88.8 Å². The quantitative estimate of drug-likeness (QED) is 0.630. The molecule has 7 nitrogen and oxygen atoms in total. The number of anilines is 1. The first-order valence-electron chi connectivity index (χ1n) is 10.9. The highest BCUT2D eigenvalue weighted by molar-refractivity contribution is 7.80. The molecule has 2 N–H and O–H groups in total. The van der Waals surface area contributed by atoms with Gasteiger partial charge in [-0.1, -0.05) is 6.08 Å². The number of rotatable bonds is 3. The fourth-order valence-electron chi connectivity index (χ4n) is 5.03. The Morgan fingerprint density at radius 1 is 1.35 bits per heavy atom. The van der Waals surface area contributed by atoms with Crippen molar-refractivity contribution in [2.24, 2.45) is 0 Å². The molecule has 11 heteroatoms. The fourth-order valence-corrected chi connectivity index (χ4v) is 5.53. The van der Waals surface area contributed by atoms with E-state index in [9.17, 15) is 23.1 Å². The van der Waals surface area contributed by atoms with Crippen molar-refractivity contribution in [2.75, 3.05) is 18.1 Å². The number of benzene rings is 1. The second-order valence-electron chi connectivity index (χ2n) is 8.79. The lowest BCUT2D eigenvalue weighted by atomic mass is 9.74. The first-order valence-corrected chi connectivity index (χ1v) is 11.3. The van der Waals surface area contributed by atoms with Gasteiger partial charge in [0.15, 0.2) is 5.11 Å². The van der Waals surface area contributed by atoms with E-state index in [0.717, 1.165) is 24.3 Å². The van der Waals surface area contributed by atoms with Crippen LogP contribution in [0.3, 0.4) is 0 Å². The predicted octanol–water partition coefficient (Wildman–Crippen LogP) is 2.95. The van der Waals surface area contributed by atoms with Crippen LogP contribution in [0.2, 0.25) is 0 Å². The number of thiocarbonyl (C=S) groups is 1. The molecule has 1 aromatic rings. The maximum atomic E-state index is 13.6. The summed E-state index contributed by atoms with van der Waals surface area (Å²) in [5.74, 6) is 0.280. The summed E-state index contributed by atoms with van der Waals surface area (Å²) in [6.07, 6.45) is 0.968. The summed E-state index contributed by atoms with van der Waals surface area (Å²) in [5.41, 5.74) is -1.68. The minimum atomic E-state index is -4.74. The van der Waals surface area contributed by atoms with E-state index < -0.39 is 22.8 Å². The zero-order chi connectivity index (χ0) is 24.3. The van der Waals surface area contributed by atoms with Crippen LogP contribution in [0.15, 0.2) is 41.8 Å². The maximum Gasteiger partial charge on any atom is 0.417 e. The second kappa shape index (κ2) is 7.99. The van der Waals surface area contributed by atoms with Gasteiger partial charge in [-0.15, -0.1) is 0 Å². The lowest BCUT2D eigenvalue weighted by Crippen LogP contribution is -2.58. The van der Waals surface area contributed by atoms with Crippen LogP contribution in [0.5, 0.6) is 0 Å². The Hall–Kier alpha value is -3.10. The normalized spacial score (nSPS) is 25.6. The van der Waals surface area contributed by atoms with Gasteiger partial charge in [0.1, 0.15) is 17.4 Å². The third kappa shape index (κ3) is 3.35. The Labute approximate surface area is 199 Å². The molecule has 1 spiro atoms. The van der Waals surface area contributed by atoms with Crippen molar-refractivity contribution in [1.82, 2.24) is 10.2 Å². The van der Waals surface area contributed by atoms with Crippen molar-refractivity contribution >= 4 is 28.9 Å². The van der Waals surface area contributed by atoms with Crippen molar-refractivity contribution in [1.29, 1.82) is 5.26 Å². The largest absolute Gasteiger partial charge is 0.484 e. The number of nitrogens with zero attached hydrogens (tertiary/aromatic N) is 3. The Morgan fingerprint density at radius 2 is 2.12 bits per heavy atom. The molecule has 2 unspecified atom stereocenters. The van der Waals surface area contributed by atoms with Crippen LogP contribution in [0.1, 0.15) is 36.8 Å². The van der Waals surface area contributed by atoms with E-state index >= 15 is 0 Å². The number of halogens is 3. The van der Waals surface area contributed by atoms with E-state index in [-0.39, 0.29) is 35.5 Å². The Morgan fingerprint density at radius 3 is 2.74 bits per heavy atom. The third-order valence-electron chi connectivity index (χ3n) is 6.88. The SMILES string of the molecule is N#Cc1ccc(N2C(=O)C3(CCC3)N(C3C=CC4=C(C3)NCC(CO)O4)C2=S)cc1C(F)(F)F. The van der Waals surface area contributed by atoms with Gasteiger partial charge in [0.25, 0.3) is 5.91 Å². The van der Waals surface area contributed by atoms with Gasteiger partial charge < -0.3 is 20.1 Å². The number of aliphatic hydroxyl groups is 1. The smallest absolute Gasteiger partial charge is 0.417 e. The molecule has 1 saturated carbocycles. The number of hydrogen-bond acceptors (Lipinski definition) is 6. The molecule has 4 aliphatic rings. The van der Waals surface area contributed by atoms with E-state index in [1.807, 2.05) is 11.0 Å². The van der Waals surface area contributed by atoms with Crippen molar-refractivity contribution < 1.29 is 27.8 Å². The lowest BCUT2D eigenvalue weighted by Gasteiger charge is -2.47. The molecule has 5 rings (SSSR count). The zero-order valence-corrected chi connectivity index (χ0v) is 18.7. The molecule has 2 aliphatic heterocycles. The van der Waals surface area contributed by atoms with Gasteiger partial charge in [0, 0.05) is 6.42 Å². The summed E-state index contributed by atoms with van der Waals surface area (Å²) in [4.78, 5) is 16.6. The lowest BCUT2D eigenvalue weighted by molar-refractivity contribution is -0.137. The highest BCUT2D eigenvalue weighted by Crippen LogP contribution is 2.48. The van der Waals surface area contributed by atoms with Gasteiger partial charge in [0.2, 0.25) is 0 Å². The number of carbonyl (C=O) groups excluding carboxylic acids is 1. The monoisotopic (exact) mass is 490 g/mol. The molecule has 2 atom stereocenters. The van der Waals surface area contributed by atoms with E-state index in [0.29, 0.717) is 31.6 Å². The van der Waals surface area contributed by atoms with Gasteiger partial charge in [0.05, 0.1) is 47.8 Å². The molecule has 0 aromatic heterocycles. The van der Waals surface area contributed by atoms with E-state index in [1.165, 1.54) is 11.0 Å². The van der Waals surface area contributed by atoms with Crippen molar-refractivity contribution in [3.8, 4) is 6.07 Å². The van der Waals surface area contributed by atoms with E-state index in [2.05, 4.69) is 5.32 Å². The van der Waals surface area contributed by atoms with Crippen LogP contribution in [0.25, 0.3) is 0 Å². The first-order chi connectivity index (χ1) is 16.2. The number of allylic oxidation sites excluding steroid dienone is 1. The average Bonchev–Trinajstić information content (AvgIpc) is 3.04. The Bertz CT molecular complexity index is 1170. The Balaban J connectivity index is 1.49. The van der Waals surface area contributed by atoms with Crippen LogP contribution >= 0.6 is 12.2 Å². The average molecular weight is 491 g/mol. The molecular formula is C23H21F3N4O3S. The molecule has 2 heterocycles. The molecule has 178 valence electrons. The Kier molecular flexibility index (Phi) is 5.33. The summed E-state index contributed by atoms with van der Waals surface area (Å²) >= 11 is 5.68. The van der Waals surface area contributed by atoms with Gasteiger partial charge in [-0.25, -0.2) is 0 Å². The van der Waals surface area contributed by atoms with Crippen LogP contribution in [-0.2, 0) is 15.7 Å². The number of nitriles is 1. The summed E-state index contributed by atoms with van der Waals surface area (Å²) < 4.78 is 46.4. The molecule has 0 radical (unpaired) electrons. The van der Waals surface area contributed by atoms with Gasteiger partial charge in [-0.2, -0.15) is 18.4 Å². The van der Waals surface area contributed by atoms with E-state index in [1.54, 1.807) is 12.1 Å². The second-order valence-corrected chi connectivity index (χ2v) is 9.16. The van der Waals surface area contributed by atoms with Gasteiger partial charge in [-0.3, -0.25) is 9.69 Å². The number of carbonyl (C=O) groups is 1. The number of alkyl halides is 3. The van der Waals surface area contributed by atoms with Crippen LogP contribution in [0, 0.1) is 11.3 Å². The fraction of sp³-hybridized carbons (Fsp3) is 0.435. The van der Waals surface area contributed by atoms with Crippen LogP contribution in [0.4, 0.5) is 18.9 Å². The summed E-state index contributed by atoms with van der Waals surface area (Å²) in [6, 6.07) is 4.49. The molecule has 2 aliphatic carbocycles. The number of nitrogens with one attached hydrogen (secondary N) is 1. The van der Waals surface area contributed by atoms with Crippen molar-refractivity contribution in [3.05, 3.63) is 52.9 Å². The molecule has 34 heavy (non-hydrogen) atoms. The molecule has 0 bridgehead atoms. The standard InChI is InChI=1S/C23H21F3N4O3S/c24-23(25,26)17-8-14(3-2-13(17)10-27)29-20(32)22(6-1-7-22)30(21(29)34)15-4-5-19-18(9-15)28-11-16(12-31)33-19/h2-5,8,15-16,28,31H,1,6-7,9,11-12H2. The molecule has 1 amide bonds. The summed E-state index contributed by atoms with van der Waals surface area (Å²) in [7, 11) is 0. The molecule has 1 saturated heterocycles. The van der Waals surface area contributed by atoms with E-state index in [4.69, 9.17) is 22.2 Å². The molecular weight excluding hydrogens is 469 g/mol. The van der Waals surface area contributed by atoms with Crippen molar-refractivity contribution in [2.45, 2.75) is 49.5 Å². The van der Waals surface area contributed by atoms with Crippen LogP contribution in [-0.4, -0.2) is 51.9 Å². The minimum Gasteiger partial charge on any atom is -0.484 e. The number of ether oxygens (including phenoxy) is 1. The number of aliphatic hydroxyl groups excluding tert-OH is 1. The molecule has 1 aromatic carbocycles. The highest BCUT2D eigenvalue weighted by atomic mass is 32.1. The number of hydrogen-bond donors (Lipinski definition) is 2. The highest BCUT2D eigenvalue weighted by Gasteiger charge is 2.60. The van der Waals surface area contributed by atoms with Gasteiger partial charge >= 0.3 is 6.18 Å². The van der Waals surface area contributed by atoms with Crippen LogP contribution < -0.4 is 10.2 Å². The maximum absolute atomic E-state index is 13.6.